The maximum atomic E-state index is 12.9. The van der Waals surface area contributed by atoms with Crippen molar-refractivity contribution in [3.63, 3.8) is 0 Å². The van der Waals surface area contributed by atoms with Crippen LogP contribution in [0.3, 0.4) is 0 Å². The first-order valence-electron chi connectivity index (χ1n) is 8.87. The first-order valence-corrected chi connectivity index (χ1v) is 8.87. The van der Waals surface area contributed by atoms with E-state index in [1.54, 1.807) is 0 Å². The number of ether oxygens (including phenoxy) is 1. The molecule has 0 bridgehead atoms. The summed E-state index contributed by atoms with van der Waals surface area (Å²) in [5.74, 6) is 0.835. The molecule has 0 unspecified atom stereocenters. The lowest BCUT2D eigenvalue weighted by Gasteiger charge is -2.40. The largest absolute Gasteiger partial charge is 0.491 e. The van der Waals surface area contributed by atoms with Gasteiger partial charge in [-0.3, -0.25) is 4.79 Å². The van der Waals surface area contributed by atoms with Crippen molar-refractivity contribution in [2.24, 2.45) is 5.41 Å². The summed E-state index contributed by atoms with van der Waals surface area (Å²) in [5, 5.41) is 12.0. The van der Waals surface area contributed by atoms with Crippen molar-refractivity contribution < 1.29 is 14.6 Å². The number of aliphatic hydroxyl groups is 1. The molecule has 0 spiro atoms. The lowest BCUT2D eigenvalue weighted by molar-refractivity contribution is -0.136. The highest BCUT2D eigenvalue weighted by Gasteiger charge is 2.43. The summed E-state index contributed by atoms with van der Waals surface area (Å²) in [7, 11) is 0. The number of nitrogens with one attached hydrogen (secondary N) is 1. The van der Waals surface area contributed by atoms with Crippen LogP contribution in [0.15, 0.2) is 54.6 Å². The third-order valence-corrected chi connectivity index (χ3v) is 4.94. The predicted octanol–water partition coefficient (Wildman–Crippen LogP) is 3.09. The third-order valence-electron chi connectivity index (χ3n) is 4.94. The van der Waals surface area contributed by atoms with Crippen molar-refractivity contribution in [1.82, 2.24) is 5.32 Å². The molecule has 1 amide bonds. The van der Waals surface area contributed by atoms with Crippen LogP contribution < -0.4 is 10.1 Å². The number of para-hydroxylation sites is 1. The van der Waals surface area contributed by atoms with Gasteiger partial charge in [-0.25, -0.2) is 0 Å². The number of carbonyl (C=O) groups is 1. The first kappa shape index (κ1) is 17.5. The Labute approximate surface area is 148 Å². The quantitative estimate of drug-likeness (QED) is 0.777. The van der Waals surface area contributed by atoms with E-state index < -0.39 is 0 Å². The van der Waals surface area contributed by atoms with Gasteiger partial charge >= 0.3 is 0 Å². The Morgan fingerprint density at radius 3 is 2.48 bits per heavy atom. The lowest BCUT2D eigenvalue weighted by Crippen LogP contribution is -2.46. The number of hydrogen-bond acceptors (Lipinski definition) is 3. The van der Waals surface area contributed by atoms with Gasteiger partial charge in [-0.15, -0.1) is 0 Å². The molecule has 25 heavy (non-hydrogen) atoms. The minimum absolute atomic E-state index is 0.0269. The van der Waals surface area contributed by atoms with Crippen LogP contribution in [0.2, 0.25) is 0 Å². The molecule has 0 aromatic heterocycles. The normalized spacial score (nSPS) is 15.2. The first-order chi connectivity index (χ1) is 12.2. The highest BCUT2D eigenvalue weighted by molar-refractivity contribution is 5.83. The average Bonchev–Trinajstić information content (AvgIpc) is 2.62. The molecule has 0 radical (unpaired) electrons. The molecule has 0 aliphatic heterocycles. The van der Waals surface area contributed by atoms with Gasteiger partial charge in [0.25, 0.3) is 0 Å². The highest BCUT2D eigenvalue weighted by atomic mass is 16.5. The lowest BCUT2D eigenvalue weighted by atomic mass is 9.64. The molecule has 1 aliphatic rings. The summed E-state index contributed by atoms with van der Waals surface area (Å²) < 4.78 is 5.54. The van der Waals surface area contributed by atoms with Gasteiger partial charge in [-0.05, 0) is 30.9 Å². The van der Waals surface area contributed by atoms with Crippen LogP contribution in [0.4, 0.5) is 0 Å². The van der Waals surface area contributed by atoms with Gasteiger partial charge in [0.15, 0.2) is 0 Å². The number of hydrogen-bond donors (Lipinski definition) is 2. The molecule has 2 aromatic rings. The van der Waals surface area contributed by atoms with E-state index in [1.807, 2.05) is 42.5 Å². The Hall–Kier alpha value is -2.33. The molecule has 4 heteroatoms. The Bertz CT molecular complexity index is 695. The van der Waals surface area contributed by atoms with Crippen molar-refractivity contribution in [2.75, 3.05) is 13.2 Å². The number of rotatable bonds is 8. The summed E-state index contributed by atoms with van der Waals surface area (Å²) in [6.07, 6.45) is 3.78. The van der Waals surface area contributed by atoms with Crippen LogP contribution in [-0.4, -0.2) is 24.2 Å². The van der Waals surface area contributed by atoms with Crippen LogP contribution in [0.1, 0.15) is 30.4 Å². The molecule has 0 saturated heterocycles. The van der Waals surface area contributed by atoms with Crippen molar-refractivity contribution in [3.8, 4) is 5.75 Å². The van der Waals surface area contributed by atoms with Crippen LogP contribution >= 0.6 is 0 Å². The maximum absolute atomic E-state index is 12.9. The topological polar surface area (TPSA) is 58.6 Å². The number of amides is 1. The molecule has 2 aromatic carbocycles. The van der Waals surface area contributed by atoms with E-state index in [0.717, 1.165) is 31.2 Å². The van der Waals surface area contributed by atoms with Crippen LogP contribution in [0.25, 0.3) is 0 Å². The van der Waals surface area contributed by atoms with E-state index in [1.165, 1.54) is 5.56 Å². The number of benzene rings is 2. The van der Waals surface area contributed by atoms with Gasteiger partial charge in [0.05, 0.1) is 12.0 Å². The smallest absolute Gasteiger partial charge is 0.226 e. The van der Waals surface area contributed by atoms with E-state index in [2.05, 4.69) is 17.4 Å². The summed E-state index contributed by atoms with van der Waals surface area (Å²) >= 11 is 0. The molecule has 0 atom stereocenters. The summed E-state index contributed by atoms with van der Waals surface area (Å²) in [5.41, 5.74) is 1.87. The van der Waals surface area contributed by atoms with Crippen molar-refractivity contribution >= 4 is 5.91 Å². The van der Waals surface area contributed by atoms with Crippen LogP contribution in [0, 0.1) is 5.41 Å². The molecule has 0 heterocycles. The Balaban J connectivity index is 1.63. The summed E-state index contributed by atoms with van der Waals surface area (Å²) in [6.45, 7) is 0.667. The number of carbonyl (C=O) groups excluding carboxylic acids is 1. The fourth-order valence-electron chi connectivity index (χ4n) is 3.38. The molecule has 3 rings (SSSR count). The van der Waals surface area contributed by atoms with Gasteiger partial charge in [0.2, 0.25) is 5.91 Å². The molecule has 1 saturated carbocycles. The highest BCUT2D eigenvalue weighted by Crippen LogP contribution is 2.44. The van der Waals surface area contributed by atoms with Gasteiger partial charge in [0, 0.05) is 12.1 Å². The molecule has 4 nitrogen and oxygen atoms in total. The fourth-order valence-corrected chi connectivity index (χ4v) is 3.38. The Morgan fingerprint density at radius 1 is 1.08 bits per heavy atom. The molecule has 1 aliphatic carbocycles. The van der Waals surface area contributed by atoms with Crippen LogP contribution in [-0.2, 0) is 17.8 Å². The van der Waals surface area contributed by atoms with Crippen molar-refractivity contribution in [2.45, 2.75) is 32.2 Å². The van der Waals surface area contributed by atoms with Gasteiger partial charge < -0.3 is 15.2 Å². The summed E-state index contributed by atoms with van der Waals surface area (Å²) in [4.78, 5) is 12.9. The average molecular weight is 339 g/mol. The minimum atomic E-state index is -0.276. The van der Waals surface area contributed by atoms with E-state index in [0.29, 0.717) is 12.3 Å². The standard InChI is InChI=1S/C21H25NO3/c23-13-14-25-19-10-5-4-9-18(19)16-22-20(24)21(11-6-12-21)15-17-7-2-1-3-8-17/h1-5,7-10,23H,6,11-16H2,(H,22,24). The Morgan fingerprint density at radius 2 is 1.80 bits per heavy atom. The molecule has 2 N–H and O–H groups in total. The SMILES string of the molecule is O=C(NCc1ccccc1OCCO)C1(Cc2ccccc2)CCC1. The van der Waals surface area contributed by atoms with Gasteiger partial charge in [0.1, 0.15) is 12.4 Å². The van der Waals surface area contributed by atoms with E-state index in [9.17, 15) is 4.79 Å². The van der Waals surface area contributed by atoms with E-state index in [4.69, 9.17) is 9.84 Å². The summed E-state index contributed by atoms with van der Waals surface area (Å²) in [6, 6.07) is 17.8. The van der Waals surface area contributed by atoms with Gasteiger partial charge in [-0.2, -0.15) is 0 Å². The van der Waals surface area contributed by atoms with Gasteiger partial charge in [-0.1, -0.05) is 55.0 Å². The monoisotopic (exact) mass is 339 g/mol. The zero-order valence-corrected chi connectivity index (χ0v) is 14.4. The second-order valence-electron chi connectivity index (χ2n) is 6.66. The van der Waals surface area contributed by atoms with Crippen LogP contribution in [0.5, 0.6) is 5.75 Å². The molecular formula is C21H25NO3. The second-order valence-corrected chi connectivity index (χ2v) is 6.66. The predicted molar refractivity (Wildman–Crippen MR) is 97.3 cm³/mol. The van der Waals surface area contributed by atoms with Crippen molar-refractivity contribution in [3.05, 3.63) is 65.7 Å². The fraction of sp³-hybridized carbons (Fsp3) is 0.381. The third kappa shape index (κ3) is 4.20. The zero-order valence-electron chi connectivity index (χ0n) is 14.4. The van der Waals surface area contributed by atoms with E-state index in [-0.39, 0.29) is 24.5 Å². The molecule has 132 valence electrons. The van der Waals surface area contributed by atoms with E-state index >= 15 is 0 Å². The Kier molecular flexibility index (Phi) is 5.71. The maximum Gasteiger partial charge on any atom is 0.226 e. The molecular weight excluding hydrogens is 314 g/mol. The second kappa shape index (κ2) is 8.17. The number of aliphatic hydroxyl groups excluding tert-OH is 1. The zero-order chi connectivity index (χ0) is 17.5. The van der Waals surface area contributed by atoms with Crippen molar-refractivity contribution in [1.29, 1.82) is 0 Å². The minimum Gasteiger partial charge on any atom is -0.491 e. The molecule has 1 fully saturated rings.